The minimum absolute atomic E-state index is 0.637. The molecule has 0 saturated heterocycles. The molecular formula is C15H31N. The summed E-state index contributed by atoms with van der Waals surface area (Å²) in [5.41, 5.74) is 0. The topological polar surface area (TPSA) is 12.0 Å². The van der Waals surface area contributed by atoms with E-state index in [2.05, 4.69) is 33.0 Å². The van der Waals surface area contributed by atoms with E-state index in [0.29, 0.717) is 6.04 Å². The Morgan fingerprint density at radius 2 is 1.56 bits per heavy atom. The molecule has 1 aliphatic rings. The first-order chi connectivity index (χ1) is 7.61. The van der Waals surface area contributed by atoms with Crippen LogP contribution >= 0.6 is 0 Å². The summed E-state index contributed by atoms with van der Waals surface area (Å²) in [5.74, 6) is 2.91. The Balaban J connectivity index is 2.13. The van der Waals surface area contributed by atoms with Crippen LogP contribution < -0.4 is 5.32 Å². The molecule has 16 heavy (non-hydrogen) atoms. The van der Waals surface area contributed by atoms with Crippen molar-refractivity contribution in [1.29, 1.82) is 0 Å². The Hall–Kier alpha value is -0.0400. The van der Waals surface area contributed by atoms with E-state index in [4.69, 9.17) is 0 Å². The van der Waals surface area contributed by atoms with Gasteiger partial charge in [-0.15, -0.1) is 0 Å². The summed E-state index contributed by atoms with van der Waals surface area (Å²) in [6, 6.07) is 0.637. The molecule has 0 aromatic heterocycles. The molecule has 1 atom stereocenters. The van der Waals surface area contributed by atoms with E-state index in [1.54, 1.807) is 0 Å². The Morgan fingerprint density at radius 1 is 1.00 bits per heavy atom. The monoisotopic (exact) mass is 225 g/mol. The highest BCUT2D eigenvalue weighted by molar-refractivity contribution is 4.74. The largest absolute Gasteiger partial charge is 0.314 e. The number of rotatable bonds is 6. The summed E-state index contributed by atoms with van der Waals surface area (Å²) >= 11 is 0. The van der Waals surface area contributed by atoms with Crippen LogP contribution in [0.25, 0.3) is 0 Å². The van der Waals surface area contributed by atoms with E-state index >= 15 is 0 Å². The quantitative estimate of drug-likeness (QED) is 0.713. The van der Waals surface area contributed by atoms with Crippen molar-refractivity contribution in [1.82, 2.24) is 5.32 Å². The SMILES string of the molecule is CCC1CCC(CC(C)CNC(C)C)CC1. The lowest BCUT2D eigenvalue weighted by Crippen LogP contribution is -2.29. The van der Waals surface area contributed by atoms with Gasteiger partial charge in [-0.05, 0) is 30.7 Å². The molecule has 1 N–H and O–H groups in total. The van der Waals surface area contributed by atoms with Crippen LogP contribution in [-0.2, 0) is 0 Å². The second-order valence-electron chi connectivity index (χ2n) is 6.20. The minimum atomic E-state index is 0.637. The zero-order valence-corrected chi connectivity index (χ0v) is 11.8. The molecule has 0 aromatic carbocycles. The fourth-order valence-electron chi connectivity index (χ4n) is 2.96. The summed E-state index contributed by atoms with van der Waals surface area (Å²) in [6.45, 7) is 10.4. The van der Waals surface area contributed by atoms with Crippen LogP contribution in [0, 0.1) is 17.8 Å². The van der Waals surface area contributed by atoms with Gasteiger partial charge in [-0.25, -0.2) is 0 Å². The van der Waals surface area contributed by atoms with Crippen LogP contribution in [0.2, 0.25) is 0 Å². The highest BCUT2D eigenvalue weighted by Gasteiger charge is 2.21. The van der Waals surface area contributed by atoms with Gasteiger partial charge in [0.2, 0.25) is 0 Å². The Morgan fingerprint density at radius 3 is 2.06 bits per heavy atom. The third-order valence-electron chi connectivity index (χ3n) is 4.15. The number of nitrogens with one attached hydrogen (secondary N) is 1. The van der Waals surface area contributed by atoms with E-state index in [-0.39, 0.29) is 0 Å². The standard InChI is InChI=1S/C15H31N/c1-5-14-6-8-15(9-7-14)10-13(4)11-16-12(2)3/h12-16H,5-11H2,1-4H3. The molecule has 1 heteroatoms. The smallest absolute Gasteiger partial charge is 0.00104 e. The lowest BCUT2D eigenvalue weighted by Gasteiger charge is -2.29. The first-order valence-electron chi connectivity index (χ1n) is 7.35. The van der Waals surface area contributed by atoms with Crippen molar-refractivity contribution >= 4 is 0 Å². The fraction of sp³-hybridized carbons (Fsp3) is 1.00. The predicted octanol–water partition coefficient (Wildman–Crippen LogP) is 4.23. The molecule has 96 valence electrons. The van der Waals surface area contributed by atoms with E-state index in [0.717, 1.165) is 17.8 Å². The molecule has 1 unspecified atom stereocenters. The van der Waals surface area contributed by atoms with Gasteiger partial charge < -0.3 is 5.32 Å². The van der Waals surface area contributed by atoms with Gasteiger partial charge in [0, 0.05) is 6.04 Å². The van der Waals surface area contributed by atoms with Gasteiger partial charge in [-0.2, -0.15) is 0 Å². The first-order valence-corrected chi connectivity index (χ1v) is 7.35. The third-order valence-corrected chi connectivity index (χ3v) is 4.15. The summed E-state index contributed by atoms with van der Waals surface area (Å²) in [7, 11) is 0. The third kappa shape index (κ3) is 5.34. The van der Waals surface area contributed by atoms with Gasteiger partial charge in [-0.3, -0.25) is 0 Å². The molecule has 0 aromatic rings. The Labute approximate surface area is 102 Å². The Kier molecular flexibility index (Phi) is 6.41. The summed E-state index contributed by atoms with van der Waals surface area (Å²) in [4.78, 5) is 0. The van der Waals surface area contributed by atoms with Crippen molar-refractivity contribution in [2.45, 2.75) is 72.3 Å². The van der Waals surface area contributed by atoms with E-state index < -0.39 is 0 Å². The molecule has 0 aliphatic heterocycles. The molecule has 0 heterocycles. The summed E-state index contributed by atoms with van der Waals surface area (Å²) < 4.78 is 0. The molecule has 0 bridgehead atoms. The molecule has 0 spiro atoms. The van der Waals surface area contributed by atoms with Crippen LogP contribution in [0.15, 0.2) is 0 Å². The number of hydrogen-bond acceptors (Lipinski definition) is 1. The van der Waals surface area contributed by atoms with Crippen LogP contribution in [0.5, 0.6) is 0 Å². The highest BCUT2D eigenvalue weighted by Crippen LogP contribution is 2.33. The molecule has 1 rings (SSSR count). The Bertz CT molecular complexity index is 168. The maximum atomic E-state index is 3.55. The second-order valence-corrected chi connectivity index (χ2v) is 6.20. The van der Waals surface area contributed by atoms with Crippen molar-refractivity contribution in [3.05, 3.63) is 0 Å². The molecule has 0 radical (unpaired) electrons. The van der Waals surface area contributed by atoms with Crippen molar-refractivity contribution in [2.24, 2.45) is 17.8 Å². The van der Waals surface area contributed by atoms with Crippen LogP contribution in [0.3, 0.4) is 0 Å². The van der Waals surface area contributed by atoms with Crippen molar-refractivity contribution < 1.29 is 0 Å². The zero-order valence-electron chi connectivity index (χ0n) is 11.8. The minimum Gasteiger partial charge on any atom is -0.314 e. The van der Waals surface area contributed by atoms with Gasteiger partial charge in [0.05, 0.1) is 0 Å². The van der Waals surface area contributed by atoms with Crippen LogP contribution in [-0.4, -0.2) is 12.6 Å². The van der Waals surface area contributed by atoms with Gasteiger partial charge in [0.25, 0.3) is 0 Å². The first kappa shape index (κ1) is 14.0. The normalized spacial score (nSPS) is 28.3. The average Bonchev–Trinajstić information content (AvgIpc) is 2.27. The molecule has 0 amide bonds. The van der Waals surface area contributed by atoms with Crippen molar-refractivity contribution in [2.75, 3.05) is 6.54 Å². The lowest BCUT2D eigenvalue weighted by molar-refractivity contribution is 0.233. The summed E-state index contributed by atoms with van der Waals surface area (Å²) in [6.07, 6.45) is 8.80. The van der Waals surface area contributed by atoms with E-state index in [1.165, 1.54) is 45.1 Å². The maximum Gasteiger partial charge on any atom is 0.00104 e. The fourth-order valence-corrected chi connectivity index (χ4v) is 2.96. The average molecular weight is 225 g/mol. The van der Waals surface area contributed by atoms with Crippen LogP contribution in [0.4, 0.5) is 0 Å². The highest BCUT2D eigenvalue weighted by atomic mass is 14.9. The molecule has 1 aliphatic carbocycles. The summed E-state index contributed by atoms with van der Waals surface area (Å²) in [5, 5.41) is 3.55. The molecule has 1 fully saturated rings. The van der Waals surface area contributed by atoms with Crippen molar-refractivity contribution in [3.63, 3.8) is 0 Å². The molecule has 1 nitrogen and oxygen atoms in total. The molecular weight excluding hydrogens is 194 g/mol. The number of hydrogen-bond donors (Lipinski definition) is 1. The van der Waals surface area contributed by atoms with Gasteiger partial charge in [0.15, 0.2) is 0 Å². The maximum absolute atomic E-state index is 3.55. The van der Waals surface area contributed by atoms with Crippen molar-refractivity contribution in [3.8, 4) is 0 Å². The van der Waals surface area contributed by atoms with Gasteiger partial charge in [-0.1, -0.05) is 59.8 Å². The van der Waals surface area contributed by atoms with E-state index in [9.17, 15) is 0 Å². The lowest BCUT2D eigenvalue weighted by atomic mass is 9.77. The van der Waals surface area contributed by atoms with Crippen LogP contribution in [0.1, 0.15) is 66.2 Å². The van der Waals surface area contributed by atoms with Gasteiger partial charge >= 0.3 is 0 Å². The second kappa shape index (κ2) is 7.32. The van der Waals surface area contributed by atoms with Gasteiger partial charge in [0.1, 0.15) is 0 Å². The van der Waals surface area contributed by atoms with E-state index in [1.807, 2.05) is 0 Å². The predicted molar refractivity (Wildman–Crippen MR) is 72.7 cm³/mol. The zero-order chi connectivity index (χ0) is 12.0. The molecule has 1 saturated carbocycles.